The summed E-state index contributed by atoms with van der Waals surface area (Å²) in [6, 6.07) is 0. The molecule has 0 aliphatic rings. The van der Waals surface area contributed by atoms with Crippen molar-refractivity contribution in [3.63, 3.8) is 0 Å². The fourth-order valence-electron chi connectivity index (χ4n) is 0.980. The van der Waals surface area contributed by atoms with E-state index in [9.17, 15) is 4.79 Å². The van der Waals surface area contributed by atoms with E-state index in [4.69, 9.17) is 4.74 Å². The van der Waals surface area contributed by atoms with E-state index in [0.717, 1.165) is 11.0 Å². The highest BCUT2D eigenvalue weighted by Gasteiger charge is 2.12. The van der Waals surface area contributed by atoms with Gasteiger partial charge in [-0.25, -0.2) is 4.79 Å². The molecule has 0 heterocycles. The number of hydrogen-bond donors (Lipinski definition) is 0. The lowest BCUT2D eigenvalue weighted by Gasteiger charge is -2.24. The minimum absolute atomic E-state index is 0. The quantitative estimate of drug-likeness (QED) is 0.439. The topological polar surface area (TPSA) is 29.5 Å². The van der Waals surface area contributed by atoms with Gasteiger partial charge in [-0.2, -0.15) is 0 Å². The second-order valence-electron chi connectivity index (χ2n) is 4.30. The first kappa shape index (κ1) is 17.4. The molecular formula is C10H23IN2O2. The maximum absolute atomic E-state index is 11.4. The summed E-state index contributed by atoms with van der Waals surface area (Å²) in [5.74, 6) is 0. The van der Waals surface area contributed by atoms with E-state index in [-0.39, 0.29) is 30.1 Å². The molecule has 0 aromatic carbocycles. The van der Waals surface area contributed by atoms with Crippen molar-refractivity contribution in [2.24, 2.45) is 0 Å². The number of likely N-dealkylation sites (N-methyl/N-ethyl adjacent to an activating group) is 1. The summed E-state index contributed by atoms with van der Waals surface area (Å²) in [6.45, 7) is 6.64. The van der Waals surface area contributed by atoms with Gasteiger partial charge < -0.3 is 38.1 Å². The van der Waals surface area contributed by atoms with Crippen molar-refractivity contribution in [1.29, 1.82) is 0 Å². The number of hydrogen-bond acceptors (Lipinski definition) is 2. The molecule has 0 aliphatic carbocycles. The second-order valence-corrected chi connectivity index (χ2v) is 4.30. The van der Waals surface area contributed by atoms with Crippen molar-refractivity contribution in [3.8, 4) is 0 Å². The summed E-state index contributed by atoms with van der Waals surface area (Å²) in [5.41, 5.74) is 0. The van der Waals surface area contributed by atoms with Gasteiger partial charge in [0.1, 0.15) is 13.2 Å². The maximum atomic E-state index is 11.4. The van der Waals surface area contributed by atoms with Gasteiger partial charge in [0, 0.05) is 13.1 Å². The minimum atomic E-state index is -0.205. The second kappa shape index (κ2) is 8.15. The third kappa shape index (κ3) is 8.92. The van der Waals surface area contributed by atoms with Crippen molar-refractivity contribution in [2.45, 2.75) is 13.8 Å². The lowest BCUT2D eigenvalue weighted by Crippen LogP contribution is -3.00. The van der Waals surface area contributed by atoms with Crippen LogP contribution in [0.4, 0.5) is 4.79 Å². The molecule has 0 aliphatic heterocycles. The van der Waals surface area contributed by atoms with E-state index in [0.29, 0.717) is 19.7 Å². The molecule has 0 radical (unpaired) electrons. The van der Waals surface area contributed by atoms with Crippen molar-refractivity contribution >= 4 is 6.09 Å². The summed E-state index contributed by atoms with van der Waals surface area (Å²) in [6.07, 6.45) is -0.205. The molecule has 0 rings (SSSR count). The van der Waals surface area contributed by atoms with Crippen LogP contribution < -0.4 is 24.0 Å². The van der Waals surface area contributed by atoms with E-state index in [2.05, 4.69) is 21.1 Å². The van der Waals surface area contributed by atoms with Crippen LogP contribution in [-0.2, 0) is 4.74 Å². The van der Waals surface area contributed by atoms with Crippen LogP contribution in [0.1, 0.15) is 13.8 Å². The average molecular weight is 330 g/mol. The fraction of sp³-hybridized carbons (Fsp3) is 0.900. The Bertz CT molecular complexity index is 177. The fourth-order valence-corrected chi connectivity index (χ4v) is 0.980. The number of amides is 1. The smallest absolute Gasteiger partial charge is 0.409 e. The van der Waals surface area contributed by atoms with Crippen LogP contribution in [0.5, 0.6) is 0 Å². The Hall–Kier alpha value is -0.0400. The Balaban J connectivity index is 0. The van der Waals surface area contributed by atoms with Crippen LogP contribution in [0, 0.1) is 0 Å². The SMILES string of the molecule is CCN(CC)C(=O)OCC[N+](C)(C)C.[I-]. The van der Waals surface area contributed by atoms with Gasteiger partial charge in [-0.1, -0.05) is 0 Å². The summed E-state index contributed by atoms with van der Waals surface area (Å²) in [4.78, 5) is 13.1. The van der Waals surface area contributed by atoms with Gasteiger partial charge in [-0.05, 0) is 13.8 Å². The third-order valence-corrected chi connectivity index (χ3v) is 2.01. The van der Waals surface area contributed by atoms with Crippen LogP contribution >= 0.6 is 0 Å². The molecule has 0 bridgehead atoms. The first-order valence-corrected chi connectivity index (χ1v) is 5.13. The van der Waals surface area contributed by atoms with Crippen molar-refractivity contribution in [1.82, 2.24) is 4.90 Å². The summed E-state index contributed by atoms with van der Waals surface area (Å²) in [5, 5.41) is 0. The van der Waals surface area contributed by atoms with Crippen LogP contribution in [0.3, 0.4) is 0 Å². The minimum Gasteiger partial charge on any atom is -1.00 e. The highest BCUT2D eigenvalue weighted by Crippen LogP contribution is 1.95. The van der Waals surface area contributed by atoms with E-state index < -0.39 is 0 Å². The molecule has 0 unspecified atom stereocenters. The molecule has 5 heteroatoms. The average Bonchev–Trinajstić information content (AvgIpc) is 2.04. The number of halogens is 1. The molecule has 4 nitrogen and oxygen atoms in total. The van der Waals surface area contributed by atoms with E-state index in [1.807, 2.05) is 13.8 Å². The number of carbonyl (C=O) groups is 1. The highest BCUT2D eigenvalue weighted by molar-refractivity contribution is 5.67. The van der Waals surface area contributed by atoms with Gasteiger partial charge in [0.15, 0.2) is 0 Å². The zero-order valence-electron chi connectivity index (χ0n) is 10.4. The monoisotopic (exact) mass is 330 g/mol. The van der Waals surface area contributed by atoms with Crippen molar-refractivity contribution in [2.75, 3.05) is 47.4 Å². The Labute approximate surface area is 110 Å². The molecule has 15 heavy (non-hydrogen) atoms. The molecule has 0 aromatic rings. The van der Waals surface area contributed by atoms with Gasteiger partial charge in [0.2, 0.25) is 0 Å². The molecule has 0 saturated heterocycles. The largest absolute Gasteiger partial charge is 1.00 e. The third-order valence-electron chi connectivity index (χ3n) is 2.01. The lowest BCUT2D eigenvalue weighted by atomic mass is 10.5. The maximum Gasteiger partial charge on any atom is 0.409 e. The Morgan fingerprint density at radius 3 is 2.00 bits per heavy atom. The van der Waals surface area contributed by atoms with Gasteiger partial charge >= 0.3 is 6.09 Å². The normalized spacial score (nSPS) is 10.5. The van der Waals surface area contributed by atoms with Crippen molar-refractivity contribution < 1.29 is 38.0 Å². The molecule has 0 atom stereocenters. The number of rotatable bonds is 5. The van der Waals surface area contributed by atoms with Crippen LogP contribution in [-0.4, -0.2) is 62.9 Å². The van der Waals surface area contributed by atoms with Gasteiger partial charge in [-0.15, -0.1) is 0 Å². The first-order valence-electron chi connectivity index (χ1n) is 5.13. The summed E-state index contributed by atoms with van der Waals surface area (Å²) >= 11 is 0. The van der Waals surface area contributed by atoms with E-state index >= 15 is 0 Å². The predicted molar refractivity (Wildman–Crippen MR) is 57.2 cm³/mol. The Kier molecular flexibility index (Phi) is 9.43. The highest BCUT2D eigenvalue weighted by atomic mass is 127. The zero-order chi connectivity index (χ0) is 11.2. The lowest BCUT2D eigenvalue weighted by molar-refractivity contribution is -0.870. The van der Waals surface area contributed by atoms with Crippen LogP contribution in [0.25, 0.3) is 0 Å². The van der Waals surface area contributed by atoms with E-state index in [1.54, 1.807) is 4.90 Å². The van der Waals surface area contributed by atoms with Crippen LogP contribution in [0.2, 0.25) is 0 Å². The number of ether oxygens (including phenoxy) is 1. The Morgan fingerprint density at radius 2 is 1.67 bits per heavy atom. The molecule has 0 saturated carbocycles. The van der Waals surface area contributed by atoms with Crippen LogP contribution in [0.15, 0.2) is 0 Å². The molecule has 0 fully saturated rings. The molecule has 1 amide bonds. The molecular weight excluding hydrogens is 307 g/mol. The predicted octanol–water partition coefficient (Wildman–Crippen LogP) is -1.82. The standard InChI is InChI=1S/C10H23N2O2.HI/c1-6-11(7-2)10(13)14-9-8-12(3,4)5;/h6-9H2,1-5H3;1H/q+1;/p-1. The molecule has 0 N–H and O–H groups in total. The van der Waals surface area contributed by atoms with Gasteiger partial charge in [0.05, 0.1) is 21.1 Å². The number of carbonyl (C=O) groups excluding carboxylic acids is 1. The molecule has 0 aromatic heterocycles. The van der Waals surface area contributed by atoms with E-state index in [1.165, 1.54) is 0 Å². The number of quaternary nitrogens is 1. The summed E-state index contributed by atoms with van der Waals surface area (Å²) in [7, 11) is 6.22. The Morgan fingerprint density at radius 1 is 1.20 bits per heavy atom. The van der Waals surface area contributed by atoms with Gasteiger partial charge in [0.25, 0.3) is 0 Å². The molecule has 92 valence electrons. The number of nitrogens with zero attached hydrogens (tertiary/aromatic N) is 2. The summed E-state index contributed by atoms with van der Waals surface area (Å²) < 4.78 is 5.94. The zero-order valence-corrected chi connectivity index (χ0v) is 12.6. The van der Waals surface area contributed by atoms with Gasteiger partial charge in [-0.3, -0.25) is 0 Å². The van der Waals surface area contributed by atoms with Crippen molar-refractivity contribution in [3.05, 3.63) is 0 Å². The first-order chi connectivity index (χ1) is 6.40. The molecule has 0 spiro atoms.